The molecular formula is C65H116O6. The van der Waals surface area contributed by atoms with Crippen LogP contribution in [-0.2, 0) is 28.6 Å². The van der Waals surface area contributed by atoms with Crippen LogP contribution in [0.4, 0.5) is 0 Å². The van der Waals surface area contributed by atoms with E-state index in [1.807, 2.05) is 6.08 Å². The van der Waals surface area contributed by atoms with E-state index in [1.54, 1.807) is 0 Å². The summed E-state index contributed by atoms with van der Waals surface area (Å²) >= 11 is 0. The van der Waals surface area contributed by atoms with Gasteiger partial charge in [-0.1, -0.05) is 300 Å². The van der Waals surface area contributed by atoms with Crippen molar-refractivity contribution in [3.63, 3.8) is 0 Å². The number of hydrogen-bond donors (Lipinski definition) is 0. The molecule has 0 aliphatic rings. The number of esters is 3. The third-order valence-corrected chi connectivity index (χ3v) is 13.5. The first-order chi connectivity index (χ1) is 35.0. The van der Waals surface area contributed by atoms with E-state index in [0.29, 0.717) is 19.3 Å². The molecule has 0 aliphatic heterocycles. The average Bonchev–Trinajstić information content (AvgIpc) is 3.37. The summed E-state index contributed by atoms with van der Waals surface area (Å²) in [7, 11) is 0. The number of rotatable bonds is 56. The van der Waals surface area contributed by atoms with Crippen molar-refractivity contribution in [2.24, 2.45) is 0 Å². The van der Waals surface area contributed by atoms with E-state index in [0.717, 1.165) is 64.2 Å². The number of hydrogen-bond acceptors (Lipinski definition) is 6. The van der Waals surface area contributed by atoms with Crippen LogP contribution >= 0.6 is 0 Å². The van der Waals surface area contributed by atoms with E-state index in [-0.39, 0.29) is 37.5 Å². The van der Waals surface area contributed by atoms with Gasteiger partial charge in [0.25, 0.3) is 0 Å². The fourth-order valence-corrected chi connectivity index (χ4v) is 8.90. The lowest BCUT2D eigenvalue weighted by Gasteiger charge is -2.18. The summed E-state index contributed by atoms with van der Waals surface area (Å²) in [5.41, 5.74) is 0. The van der Waals surface area contributed by atoms with Gasteiger partial charge in [-0.15, -0.1) is 0 Å². The Kier molecular flexibility index (Phi) is 57.2. The van der Waals surface area contributed by atoms with Crippen LogP contribution in [0, 0.1) is 0 Å². The van der Waals surface area contributed by atoms with Gasteiger partial charge in [0.1, 0.15) is 13.2 Å². The second-order valence-corrected chi connectivity index (χ2v) is 20.6. The molecule has 0 saturated carbocycles. The van der Waals surface area contributed by atoms with Gasteiger partial charge in [-0.3, -0.25) is 14.4 Å². The fourth-order valence-electron chi connectivity index (χ4n) is 8.90. The molecule has 0 aromatic heterocycles. The Labute approximate surface area is 440 Å². The number of ether oxygens (including phenoxy) is 3. The first-order valence-electron chi connectivity index (χ1n) is 30.8. The van der Waals surface area contributed by atoms with E-state index in [4.69, 9.17) is 14.2 Å². The van der Waals surface area contributed by atoms with Gasteiger partial charge in [0, 0.05) is 19.3 Å². The molecule has 0 heterocycles. The van der Waals surface area contributed by atoms with Crippen LogP contribution in [0.1, 0.15) is 316 Å². The molecule has 0 saturated heterocycles. The number of unbranched alkanes of at least 4 members (excludes halogenated alkanes) is 35. The smallest absolute Gasteiger partial charge is 0.306 e. The van der Waals surface area contributed by atoms with Crippen LogP contribution in [0.5, 0.6) is 0 Å². The highest BCUT2D eigenvalue weighted by Gasteiger charge is 2.19. The van der Waals surface area contributed by atoms with Crippen molar-refractivity contribution in [1.82, 2.24) is 0 Å². The summed E-state index contributed by atoms with van der Waals surface area (Å²) in [6.07, 6.45) is 75.2. The molecule has 0 fully saturated rings. The van der Waals surface area contributed by atoms with Crippen LogP contribution < -0.4 is 0 Å². The van der Waals surface area contributed by atoms with E-state index >= 15 is 0 Å². The second kappa shape index (κ2) is 59.7. The minimum atomic E-state index is -0.801. The van der Waals surface area contributed by atoms with Crippen molar-refractivity contribution in [1.29, 1.82) is 0 Å². The topological polar surface area (TPSA) is 78.9 Å². The summed E-state index contributed by atoms with van der Waals surface area (Å²) < 4.78 is 16.8. The van der Waals surface area contributed by atoms with Gasteiger partial charge in [0.05, 0.1) is 0 Å². The Morgan fingerprint density at radius 2 is 0.535 bits per heavy atom. The summed E-state index contributed by atoms with van der Waals surface area (Å²) in [5.74, 6) is -0.962. The molecule has 0 aromatic carbocycles. The monoisotopic (exact) mass is 993 g/mol. The van der Waals surface area contributed by atoms with Crippen molar-refractivity contribution >= 4 is 17.9 Å². The molecule has 6 nitrogen and oxygen atoms in total. The highest BCUT2D eigenvalue weighted by atomic mass is 16.6. The predicted molar refractivity (Wildman–Crippen MR) is 307 cm³/mol. The van der Waals surface area contributed by atoms with Crippen LogP contribution in [0.15, 0.2) is 60.8 Å². The lowest BCUT2D eigenvalue weighted by Crippen LogP contribution is -2.30. The molecule has 0 rings (SSSR count). The zero-order chi connectivity index (χ0) is 51.4. The molecule has 6 heteroatoms. The molecular weight excluding hydrogens is 877 g/mol. The summed E-state index contributed by atoms with van der Waals surface area (Å²) in [5, 5.41) is 0. The molecule has 0 aromatic rings. The van der Waals surface area contributed by atoms with Gasteiger partial charge in [-0.05, 0) is 57.8 Å². The van der Waals surface area contributed by atoms with E-state index in [2.05, 4.69) is 75.5 Å². The maximum Gasteiger partial charge on any atom is 0.306 e. The minimum absolute atomic E-state index is 0.0927. The van der Waals surface area contributed by atoms with Gasteiger partial charge < -0.3 is 14.2 Å². The molecule has 0 radical (unpaired) electrons. The first kappa shape index (κ1) is 68.1. The Hall–Kier alpha value is -2.89. The third-order valence-electron chi connectivity index (χ3n) is 13.5. The largest absolute Gasteiger partial charge is 0.462 e. The molecule has 1 atom stereocenters. The molecule has 0 bridgehead atoms. The van der Waals surface area contributed by atoms with Gasteiger partial charge in [-0.25, -0.2) is 0 Å². The Morgan fingerprint density at radius 3 is 0.873 bits per heavy atom. The van der Waals surface area contributed by atoms with E-state index < -0.39 is 6.10 Å². The van der Waals surface area contributed by atoms with Crippen LogP contribution in [0.3, 0.4) is 0 Å². The van der Waals surface area contributed by atoms with E-state index in [9.17, 15) is 14.4 Å². The lowest BCUT2D eigenvalue weighted by molar-refractivity contribution is -0.166. The zero-order valence-corrected chi connectivity index (χ0v) is 47.2. The molecule has 71 heavy (non-hydrogen) atoms. The normalized spacial score (nSPS) is 12.4. The number of carbonyl (C=O) groups excluding carboxylic acids is 3. The molecule has 0 amide bonds. The highest BCUT2D eigenvalue weighted by molar-refractivity contribution is 5.71. The Morgan fingerprint density at radius 1 is 0.282 bits per heavy atom. The van der Waals surface area contributed by atoms with Crippen molar-refractivity contribution in [3.8, 4) is 0 Å². The molecule has 0 N–H and O–H groups in total. The average molecular weight is 994 g/mol. The predicted octanol–water partition coefficient (Wildman–Crippen LogP) is 20.8. The van der Waals surface area contributed by atoms with E-state index in [1.165, 1.54) is 205 Å². The summed E-state index contributed by atoms with van der Waals surface area (Å²) in [6.45, 7) is 6.59. The standard InChI is InChI=1S/C65H116O6/c1-4-7-10-13-16-19-22-25-27-29-31-32-34-36-38-41-44-47-50-53-56-59-65(68)71-62(60-69-63(66)57-54-51-48-45-42-39-24-21-18-15-12-9-6-3)61-70-64(67)58-55-52-49-46-43-40-37-35-33-30-28-26-23-20-17-14-11-8-5-2/h17,20,26,28,33,35,40,43,49,52,62H,4-16,18-19,21-25,27,29-32,34,36-39,41-42,44-48,50-51,53-61H2,1-3H3/b20-17-,28-26-,35-33-,43-40-,52-49-/t62-/m0/s1. The quantitative estimate of drug-likeness (QED) is 0.0261. The lowest BCUT2D eigenvalue weighted by atomic mass is 10.0. The Bertz CT molecular complexity index is 1280. The summed E-state index contributed by atoms with van der Waals surface area (Å²) in [6, 6.07) is 0. The molecule has 0 unspecified atom stereocenters. The van der Waals surface area contributed by atoms with Gasteiger partial charge >= 0.3 is 17.9 Å². The highest BCUT2D eigenvalue weighted by Crippen LogP contribution is 2.17. The van der Waals surface area contributed by atoms with Crippen molar-refractivity contribution in [2.75, 3.05) is 13.2 Å². The van der Waals surface area contributed by atoms with Crippen LogP contribution in [0.25, 0.3) is 0 Å². The Balaban J connectivity index is 4.40. The second-order valence-electron chi connectivity index (χ2n) is 20.6. The molecule has 412 valence electrons. The number of carbonyl (C=O) groups is 3. The van der Waals surface area contributed by atoms with Gasteiger partial charge in [0.15, 0.2) is 6.10 Å². The summed E-state index contributed by atoms with van der Waals surface area (Å²) in [4.78, 5) is 38.2. The maximum atomic E-state index is 12.9. The number of allylic oxidation sites excluding steroid dienone is 10. The zero-order valence-electron chi connectivity index (χ0n) is 47.2. The minimum Gasteiger partial charge on any atom is -0.462 e. The fraction of sp³-hybridized carbons (Fsp3) is 0.800. The van der Waals surface area contributed by atoms with Crippen molar-refractivity contribution in [2.45, 2.75) is 322 Å². The maximum absolute atomic E-state index is 12.9. The van der Waals surface area contributed by atoms with Crippen LogP contribution in [-0.4, -0.2) is 37.2 Å². The third kappa shape index (κ3) is 57.9. The van der Waals surface area contributed by atoms with Crippen molar-refractivity contribution in [3.05, 3.63) is 60.8 Å². The van der Waals surface area contributed by atoms with Crippen molar-refractivity contribution < 1.29 is 28.6 Å². The SMILES string of the molecule is CCCCC/C=C\C/C=C\C/C=C\C/C=C\C/C=C\CCC(=O)OC[C@H](COC(=O)CCCCCCCCCCCCCCC)OC(=O)CCCCCCCCCCCCCCCCCCCCCCC. The first-order valence-corrected chi connectivity index (χ1v) is 30.8. The van der Waals surface area contributed by atoms with Gasteiger partial charge in [0.2, 0.25) is 0 Å². The molecule has 0 spiro atoms. The van der Waals surface area contributed by atoms with Crippen LogP contribution in [0.2, 0.25) is 0 Å². The van der Waals surface area contributed by atoms with Gasteiger partial charge in [-0.2, -0.15) is 0 Å². The molecule has 0 aliphatic carbocycles.